The Balaban J connectivity index is 0.000000293. The summed E-state index contributed by atoms with van der Waals surface area (Å²) in [5.74, 6) is 0. The van der Waals surface area contributed by atoms with Crippen molar-refractivity contribution in [1.29, 1.82) is 0 Å². The average Bonchev–Trinajstić information content (AvgIpc) is 2.49. The van der Waals surface area contributed by atoms with Gasteiger partial charge in [0.25, 0.3) is 0 Å². The van der Waals surface area contributed by atoms with Crippen LogP contribution in [0.2, 0.25) is 0 Å². The van der Waals surface area contributed by atoms with Gasteiger partial charge in [-0.25, -0.2) is 0 Å². The lowest BCUT2D eigenvalue weighted by Gasteiger charge is -2.31. The van der Waals surface area contributed by atoms with Crippen molar-refractivity contribution >= 4 is 18.0 Å². The van der Waals surface area contributed by atoms with Crippen molar-refractivity contribution in [3.8, 4) is 0 Å². The molecule has 3 heteroatoms. The summed E-state index contributed by atoms with van der Waals surface area (Å²) >= 11 is 0. The van der Waals surface area contributed by atoms with Crippen molar-refractivity contribution in [2.45, 2.75) is 33.1 Å². The predicted octanol–water partition coefficient (Wildman–Crippen LogP) is 5.07. The number of halogens is 1. The van der Waals surface area contributed by atoms with Gasteiger partial charge in [0.2, 0.25) is 0 Å². The highest BCUT2D eigenvalue weighted by molar-refractivity contribution is 5.85. The highest BCUT2D eigenvalue weighted by atomic mass is 35.5. The Kier molecular flexibility index (Phi) is 7.26. The largest absolute Gasteiger partial charge is 0.502 e. The zero-order valence-corrected chi connectivity index (χ0v) is 14.2. The van der Waals surface area contributed by atoms with E-state index in [4.69, 9.17) is 10.5 Å². The molecule has 0 unspecified atom stereocenters. The summed E-state index contributed by atoms with van der Waals surface area (Å²) in [6.07, 6.45) is 11.3. The molecule has 1 aliphatic carbocycles. The van der Waals surface area contributed by atoms with E-state index in [2.05, 4.69) is 44.2 Å². The van der Waals surface area contributed by atoms with Crippen LogP contribution in [-0.2, 0) is 4.74 Å². The highest BCUT2D eigenvalue weighted by Gasteiger charge is 2.26. The lowest BCUT2D eigenvalue weighted by atomic mass is 9.74. The van der Waals surface area contributed by atoms with Crippen molar-refractivity contribution in [2.24, 2.45) is 11.1 Å². The second-order valence-corrected chi connectivity index (χ2v) is 6.13. The molecule has 2 N–H and O–H groups in total. The van der Waals surface area contributed by atoms with Crippen molar-refractivity contribution in [3.63, 3.8) is 0 Å². The molecule has 0 atom stereocenters. The van der Waals surface area contributed by atoms with Gasteiger partial charge in [-0.1, -0.05) is 50.3 Å². The standard InChI is InChI=1S/C14H17N.C5H8O.ClH/c1-14(2)10-12(15)8-9-13(14)11-6-4-3-5-7-11;1-2-4-6-5-3-1;/h3-9H,10,15H2,1-2H3;2,4H,1,3,5H2;1H. The molecule has 1 aromatic rings. The summed E-state index contributed by atoms with van der Waals surface area (Å²) in [5.41, 5.74) is 9.65. The fraction of sp³-hybridized carbons (Fsp3) is 0.368. The summed E-state index contributed by atoms with van der Waals surface area (Å²) in [7, 11) is 0. The fourth-order valence-electron chi connectivity index (χ4n) is 2.67. The van der Waals surface area contributed by atoms with Crippen LogP contribution in [0.5, 0.6) is 0 Å². The molecule has 1 aliphatic heterocycles. The number of rotatable bonds is 1. The first-order valence-electron chi connectivity index (χ1n) is 7.58. The second kappa shape index (κ2) is 8.70. The van der Waals surface area contributed by atoms with Gasteiger partial charge in [-0.05, 0) is 48.0 Å². The maximum absolute atomic E-state index is 5.87. The highest BCUT2D eigenvalue weighted by Crippen LogP contribution is 2.41. The SMILES string of the molecule is C1=COCCC1.CC1(C)CC(N)=CC=C1c1ccccc1.Cl. The second-order valence-electron chi connectivity index (χ2n) is 6.13. The lowest BCUT2D eigenvalue weighted by molar-refractivity contribution is 0.231. The van der Waals surface area contributed by atoms with Gasteiger partial charge in [-0.2, -0.15) is 0 Å². The molecule has 1 aromatic carbocycles. The van der Waals surface area contributed by atoms with Crippen molar-refractivity contribution in [1.82, 2.24) is 0 Å². The van der Waals surface area contributed by atoms with E-state index < -0.39 is 0 Å². The first kappa shape index (κ1) is 18.4. The lowest BCUT2D eigenvalue weighted by Crippen LogP contribution is -2.20. The van der Waals surface area contributed by atoms with E-state index in [1.807, 2.05) is 18.2 Å². The summed E-state index contributed by atoms with van der Waals surface area (Å²) < 4.78 is 4.89. The normalized spacial score (nSPS) is 18.6. The molecular formula is C19H26ClNO. The Morgan fingerprint density at radius 2 is 1.82 bits per heavy atom. The topological polar surface area (TPSA) is 35.2 Å². The zero-order chi connectivity index (χ0) is 15.1. The third-order valence-corrected chi connectivity index (χ3v) is 3.75. The van der Waals surface area contributed by atoms with Crippen LogP contribution in [0.1, 0.15) is 38.7 Å². The van der Waals surface area contributed by atoms with Gasteiger partial charge in [-0.3, -0.25) is 0 Å². The van der Waals surface area contributed by atoms with Gasteiger partial charge in [0, 0.05) is 5.70 Å². The molecule has 0 amide bonds. The number of hydrogen-bond acceptors (Lipinski definition) is 2. The van der Waals surface area contributed by atoms with Gasteiger partial charge in [0.1, 0.15) is 0 Å². The van der Waals surface area contributed by atoms with E-state index in [-0.39, 0.29) is 17.8 Å². The van der Waals surface area contributed by atoms with Crippen molar-refractivity contribution in [2.75, 3.05) is 6.61 Å². The van der Waals surface area contributed by atoms with Crippen molar-refractivity contribution < 1.29 is 4.74 Å². The molecule has 120 valence electrons. The minimum Gasteiger partial charge on any atom is -0.502 e. The molecule has 0 radical (unpaired) electrons. The van der Waals surface area contributed by atoms with Crippen LogP contribution in [-0.4, -0.2) is 6.61 Å². The summed E-state index contributed by atoms with van der Waals surface area (Å²) in [6, 6.07) is 10.5. The van der Waals surface area contributed by atoms with Gasteiger partial charge in [0.05, 0.1) is 12.9 Å². The van der Waals surface area contributed by atoms with Crippen LogP contribution >= 0.6 is 12.4 Å². The zero-order valence-electron chi connectivity index (χ0n) is 13.4. The molecule has 3 rings (SSSR count). The van der Waals surface area contributed by atoms with Gasteiger partial charge in [0.15, 0.2) is 0 Å². The fourth-order valence-corrected chi connectivity index (χ4v) is 2.67. The molecule has 1 heterocycles. The number of hydrogen-bond donors (Lipinski definition) is 1. The molecule has 0 aromatic heterocycles. The third-order valence-electron chi connectivity index (χ3n) is 3.75. The van der Waals surface area contributed by atoms with E-state index in [1.165, 1.54) is 24.0 Å². The van der Waals surface area contributed by atoms with E-state index in [0.717, 1.165) is 18.7 Å². The Bertz CT molecular complexity index is 536. The van der Waals surface area contributed by atoms with Crippen LogP contribution in [0.25, 0.3) is 5.57 Å². The van der Waals surface area contributed by atoms with Gasteiger partial charge < -0.3 is 10.5 Å². The molecule has 0 fully saturated rings. The maximum atomic E-state index is 5.87. The smallest absolute Gasteiger partial charge is 0.0876 e. The predicted molar refractivity (Wildman–Crippen MR) is 96.7 cm³/mol. The summed E-state index contributed by atoms with van der Waals surface area (Å²) in [4.78, 5) is 0. The number of ether oxygens (including phenoxy) is 1. The Morgan fingerprint density at radius 3 is 2.27 bits per heavy atom. The van der Waals surface area contributed by atoms with E-state index >= 15 is 0 Å². The van der Waals surface area contributed by atoms with E-state index in [9.17, 15) is 0 Å². The minimum atomic E-state index is 0. The number of benzene rings is 1. The minimum absolute atomic E-state index is 0. The molecule has 2 aliphatic rings. The van der Waals surface area contributed by atoms with Crippen LogP contribution in [0.15, 0.2) is 60.5 Å². The molecule has 0 spiro atoms. The molecule has 2 nitrogen and oxygen atoms in total. The quantitative estimate of drug-likeness (QED) is 0.784. The molecule has 0 saturated heterocycles. The van der Waals surface area contributed by atoms with E-state index in [1.54, 1.807) is 6.26 Å². The van der Waals surface area contributed by atoms with Crippen LogP contribution in [0, 0.1) is 5.41 Å². The summed E-state index contributed by atoms with van der Waals surface area (Å²) in [5, 5.41) is 0. The maximum Gasteiger partial charge on any atom is 0.0876 e. The number of nitrogens with two attached hydrogens (primary N) is 1. The molecule has 22 heavy (non-hydrogen) atoms. The molecular weight excluding hydrogens is 294 g/mol. The van der Waals surface area contributed by atoms with Crippen molar-refractivity contribution in [3.05, 3.63) is 66.1 Å². The van der Waals surface area contributed by atoms with E-state index in [0.29, 0.717) is 0 Å². The Hall–Kier alpha value is -1.67. The van der Waals surface area contributed by atoms with Gasteiger partial charge >= 0.3 is 0 Å². The summed E-state index contributed by atoms with van der Waals surface area (Å²) in [6.45, 7) is 5.40. The molecule has 0 bridgehead atoms. The van der Waals surface area contributed by atoms with Crippen LogP contribution < -0.4 is 5.73 Å². The third kappa shape index (κ3) is 5.27. The first-order valence-corrected chi connectivity index (χ1v) is 7.58. The Morgan fingerprint density at radius 1 is 1.09 bits per heavy atom. The van der Waals surface area contributed by atoms with Crippen LogP contribution in [0.3, 0.4) is 0 Å². The van der Waals surface area contributed by atoms with Gasteiger partial charge in [-0.15, -0.1) is 12.4 Å². The van der Waals surface area contributed by atoms with Crippen LogP contribution in [0.4, 0.5) is 0 Å². The Labute approximate surface area is 140 Å². The average molecular weight is 320 g/mol. The molecule has 0 saturated carbocycles. The first-order chi connectivity index (χ1) is 10.1. The monoisotopic (exact) mass is 319 g/mol. The number of allylic oxidation sites excluding steroid dienone is 5.